The summed E-state index contributed by atoms with van der Waals surface area (Å²) in [4.78, 5) is 1.22. The van der Waals surface area contributed by atoms with Gasteiger partial charge in [-0.25, -0.2) is 0 Å². The van der Waals surface area contributed by atoms with Gasteiger partial charge < -0.3 is 5.32 Å². The van der Waals surface area contributed by atoms with Gasteiger partial charge in [0, 0.05) is 16.8 Å². The smallest absolute Gasteiger partial charge is 0.216 e. The zero-order valence-electron chi connectivity index (χ0n) is 10.8. The third kappa shape index (κ3) is 2.96. The first-order valence-corrected chi connectivity index (χ1v) is 6.99. The lowest BCUT2D eigenvalue weighted by molar-refractivity contribution is 0.881. The Labute approximate surface area is 124 Å². The van der Waals surface area contributed by atoms with Gasteiger partial charge in [-0.05, 0) is 34.4 Å². The van der Waals surface area contributed by atoms with Crippen molar-refractivity contribution in [2.75, 3.05) is 5.32 Å². The average Bonchev–Trinajstić information content (AvgIpc) is 3.22. The summed E-state index contributed by atoms with van der Waals surface area (Å²) < 4.78 is 0. The van der Waals surface area contributed by atoms with E-state index in [1.165, 1.54) is 10.4 Å². The Hall–Kier alpha value is -2.98. The molecule has 0 atom stereocenters. The van der Waals surface area contributed by atoms with Crippen molar-refractivity contribution in [3.8, 4) is 16.5 Å². The van der Waals surface area contributed by atoms with Crippen LogP contribution in [0.1, 0.15) is 5.82 Å². The Kier molecular flexibility index (Phi) is 3.71. The summed E-state index contributed by atoms with van der Waals surface area (Å²) in [7, 11) is 0. The molecule has 21 heavy (non-hydrogen) atoms. The van der Waals surface area contributed by atoms with Crippen molar-refractivity contribution >= 4 is 22.6 Å². The maximum absolute atomic E-state index is 9.07. The zero-order valence-corrected chi connectivity index (χ0v) is 11.6. The molecule has 0 bridgehead atoms. The number of allylic oxidation sites excluding steroid dienone is 1. The molecule has 3 rings (SSSR count). The molecule has 0 aliphatic carbocycles. The number of nitrogens with zero attached hydrogens (tertiary/aromatic N) is 4. The SMILES string of the molecule is N#CC(=CNc1ccc(-c2cccs2)cc1)c1nn[nH]n1. The Balaban J connectivity index is 1.75. The fraction of sp³-hybridized carbons (Fsp3) is 0. The van der Waals surface area contributed by atoms with Gasteiger partial charge in [-0.15, -0.1) is 21.5 Å². The average molecular weight is 294 g/mol. The summed E-state index contributed by atoms with van der Waals surface area (Å²) >= 11 is 1.70. The van der Waals surface area contributed by atoms with Crippen molar-refractivity contribution < 1.29 is 0 Å². The summed E-state index contributed by atoms with van der Waals surface area (Å²) in [5.74, 6) is 0.264. The molecule has 6 nitrogen and oxygen atoms in total. The molecular formula is C14H10N6S. The standard InChI is InChI=1S/C14H10N6S/c15-8-11(14-17-19-20-18-14)9-16-12-5-3-10(4-6-12)13-2-1-7-21-13/h1-7,9,16H,(H,17,18,19,20). The molecule has 0 fully saturated rings. The van der Waals surface area contributed by atoms with Gasteiger partial charge >= 0.3 is 0 Å². The van der Waals surface area contributed by atoms with E-state index in [0.717, 1.165) is 5.69 Å². The molecule has 2 aromatic heterocycles. The van der Waals surface area contributed by atoms with Crippen molar-refractivity contribution in [2.45, 2.75) is 0 Å². The van der Waals surface area contributed by atoms with Gasteiger partial charge in [-0.3, -0.25) is 0 Å². The molecule has 7 heteroatoms. The van der Waals surface area contributed by atoms with Crippen LogP contribution in [0, 0.1) is 11.3 Å². The van der Waals surface area contributed by atoms with E-state index in [2.05, 4.69) is 32.0 Å². The number of anilines is 1. The van der Waals surface area contributed by atoms with Crippen LogP contribution in [0.5, 0.6) is 0 Å². The molecular weight excluding hydrogens is 284 g/mol. The van der Waals surface area contributed by atoms with E-state index >= 15 is 0 Å². The minimum atomic E-state index is 0.264. The summed E-state index contributed by atoms with van der Waals surface area (Å²) in [5, 5.41) is 27.5. The van der Waals surface area contributed by atoms with Crippen LogP contribution >= 0.6 is 11.3 Å². The van der Waals surface area contributed by atoms with E-state index in [9.17, 15) is 0 Å². The van der Waals surface area contributed by atoms with Crippen LogP contribution in [0.3, 0.4) is 0 Å². The predicted octanol–water partition coefficient (Wildman–Crippen LogP) is 2.90. The summed E-state index contributed by atoms with van der Waals surface area (Å²) in [6, 6.07) is 14.1. The minimum Gasteiger partial charge on any atom is -0.360 e. The number of hydrogen-bond acceptors (Lipinski definition) is 6. The van der Waals surface area contributed by atoms with Gasteiger partial charge in [-0.1, -0.05) is 18.2 Å². The number of nitriles is 1. The number of nitrogens with one attached hydrogen (secondary N) is 2. The molecule has 0 aliphatic heterocycles. The van der Waals surface area contributed by atoms with Gasteiger partial charge in [0.25, 0.3) is 0 Å². The molecule has 0 radical (unpaired) electrons. The number of hydrogen-bond donors (Lipinski definition) is 2. The number of aromatic nitrogens is 4. The Morgan fingerprint density at radius 3 is 2.76 bits per heavy atom. The Bertz CT molecular complexity index is 766. The molecule has 2 N–H and O–H groups in total. The molecule has 0 unspecified atom stereocenters. The summed E-state index contributed by atoms with van der Waals surface area (Å²) in [6.07, 6.45) is 1.56. The Morgan fingerprint density at radius 2 is 2.14 bits per heavy atom. The topological polar surface area (TPSA) is 90.3 Å². The van der Waals surface area contributed by atoms with Crippen LogP contribution in [-0.2, 0) is 0 Å². The highest BCUT2D eigenvalue weighted by molar-refractivity contribution is 7.13. The second kappa shape index (κ2) is 5.98. The largest absolute Gasteiger partial charge is 0.360 e. The summed E-state index contributed by atoms with van der Waals surface area (Å²) in [5.41, 5.74) is 2.36. The molecule has 0 saturated heterocycles. The Morgan fingerprint density at radius 1 is 1.29 bits per heavy atom. The van der Waals surface area contributed by atoms with Crippen LogP contribution in [0.25, 0.3) is 16.0 Å². The number of thiophene rings is 1. The number of rotatable bonds is 4. The van der Waals surface area contributed by atoms with E-state index in [4.69, 9.17) is 5.26 Å². The van der Waals surface area contributed by atoms with Gasteiger partial charge in [-0.2, -0.15) is 10.5 Å². The quantitative estimate of drug-likeness (QED) is 0.722. The highest BCUT2D eigenvalue weighted by Gasteiger charge is 2.05. The summed E-state index contributed by atoms with van der Waals surface area (Å²) in [6.45, 7) is 0. The lowest BCUT2D eigenvalue weighted by Crippen LogP contribution is -1.92. The van der Waals surface area contributed by atoms with Gasteiger partial charge in [0.05, 0.1) is 0 Å². The van der Waals surface area contributed by atoms with Gasteiger partial charge in [0.15, 0.2) is 0 Å². The second-order valence-corrected chi connectivity index (χ2v) is 5.05. The minimum absolute atomic E-state index is 0.264. The second-order valence-electron chi connectivity index (χ2n) is 4.10. The molecule has 0 spiro atoms. The first-order valence-electron chi connectivity index (χ1n) is 6.11. The highest BCUT2D eigenvalue weighted by Crippen LogP contribution is 2.25. The third-order valence-electron chi connectivity index (χ3n) is 2.78. The highest BCUT2D eigenvalue weighted by atomic mass is 32.1. The first-order chi connectivity index (χ1) is 10.4. The fourth-order valence-electron chi connectivity index (χ4n) is 1.75. The maximum atomic E-state index is 9.07. The number of aromatic amines is 1. The zero-order chi connectivity index (χ0) is 14.5. The van der Waals surface area contributed by atoms with Crippen LogP contribution in [-0.4, -0.2) is 20.6 Å². The van der Waals surface area contributed by atoms with E-state index in [1.807, 2.05) is 41.8 Å². The van der Waals surface area contributed by atoms with Gasteiger partial charge in [0.1, 0.15) is 11.6 Å². The van der Waals surface area contributed by atoms with Crippen LogP contribution in [0.4, 0.5) is 5.69 Å². The van der Waals surface area contributed by atoms with E-state index in [-0.39, 0.29) is 5.82 Å². The van der Waals surface area contributed by atoms with E-state index in [1.54, 1.807) is 17.5 Å². The van der Waals surface area contributed by atoms with Crippen molar-refractivity contribution in [3.63, 3.8) is 0 Å². The molecule has 2 heterocycles. The molecule has 0 aliphatic rings. The molecule has 0 saturated carbocycles. The predicted molar refractivity (Wildman–Crippen MR) is 81.1 cm³/mol. The molecule has 3 aromatic rings. The van der Waals surface area contributed by atoms with Crippen molar-refractivity contribution in [1.29, 1.82) is 5.26 Å². The number of H-pyrrole nitrogens is 1. The number of tetrazole rings is 1. The van der Waals surface area contributed by atoms with Crippen molar-refractivity contribution in [2.24, 2.45) is 0 Å². The van der Waals surface area contributed by atoms with Gasteiger partial charge in [0.2, 0.25) is 5.82 Å². The van der Waals surface area contributed by atoms with Crippen molar-refractivity contribution in [3.05, 3.63) is 53.8 Å². The lowest BCUT2D eigenvalue weighted by Gasteiger charge is -2.03. The molecule has 102 valence electrons. The van der Waals surface area contributed by atoms with Crippen LogP contribution < -0.4 is 5.32 Å². The maximum Gasteiger partial charge on any atom is 0.216 e. The normalized spacial score (nSPS) is 11.1. The van der Waals surface area contributed by atoms with Crippen molar-refractivity contribution in [1.82, 2.24) is 20.6 Å². The van der Waals surface area contributed by atoms with E-state index in [0.29, 0.717) is 5.57 Å². The molecule has 0 amide bonds. The number of benzene rings is 1. The molecule has 1 aromatic carbocycles. The monoisotopic (exact) mass is 294 g/mol. The third-order valence-corrected chi connectivity index (χ3v) is 3.70. The lowest BCUT2D eigenvalue weighted by atomic mass is 10.2. The van der Waals surface area contributed by atoms with Crippen LogP contribution in [0.2, 0.25) is 0 Å². The van der Waals surface area contributed by atoms with E-state index < -0.39 is 0 Å². The first kappa shape index (κ1) is 13.0. The van der Waals surface area contributed by atoms with Crippen LogP contribution in [0.15, 0.2) is 48.0 Å². The fourth-order valence-corrected chi connectivity index (χ4v) is 2.48.